The first-order valence-corrected chi connectivity index (χ1v) is 2.24. The van der Waals surface area contributed by atoms with Gasteiger partial charge < -0.3 is 4.74 Å². The third kappa shape index (κ3) is 1.34. The molecule has 0 fully saturated rings. The number of carbonyl (C=O) groups excluding carboxylic acids is 1. The molecule has 0 radical (unpaired) electrons. The molecule has 0 saturated carbocycles. The van der Waals surface area contributed by atoms with E-state index in [1.165, 1.54) is 6.26 Å². The molecule has 3 heteroatoms. The second-order valence-corrected chi connectivity index (χ2v) is 1.40. The topological polar surface area (TPSA) is 26.3 Å². The number of carbonyl (C=O) groups is 1. The van der Waals surface area contributed by atoms with Crippen LogP contribution in [0.2, 0.25) is 0 Å². The van der Waals surface area contributed by atoms with Crippen molar-refractivity contribution in [2.75, 3.05) is 0 Å². The van der Waals surface area contributed by atoms with Crippen molar-refractivity contribution in [3.63, 3.8) is 0 Å². The number of rotatable bonds is 1. The van der Waals surface area contributed by atoms with Crippen molar-refractivity contribution in [3.8, 4) is 0 Å². The standard InChI is InChI=1S/C5H6O2.Na.H/c1-2-4-3-7-5(4)6;;/h3H,2H2,1H3;;. The molecule has 0 aromatic rings. The summed E-state index contributed by atoms with van der Waals surface area (Å²) in [7, 11) is 0. The molecule has 0 aromatic carbocycles. The van der Waals surface area contributed by atoms with Gasteiger partial charge in [0.15, 0.2) is 0 Å². The quantitative estimate of drug-likeness (QED) is 0.366. The summed E-state index contributed by atoms with van der Waals surface area (Å²) in [4.78, 5) is 10.2. The Morgan fingerprint density at radius 3 is 2.38 bits per heavy atom. The molecular weight excluding hydrogens is 115 g/mol. The first-order chi connectivity index (χ1) is 3.34. The Morgan fingerprint density at radius 1 is 1.75 bits per heavy atom. The number of ether oxygens (including phenoxy) is 1. The summed E-state index contributed by atoms with van der Waals surface area (Å²) >= 11 is 0. The Morgan fingerprint density at radius 2 is 2.38 bits per heavy atom. The van der Waals surface area contributed by atoms with E-state index in [9.17, 15) is 4.79 Å². The normalized spacial score (nSPS) is 15.1. The van der Waals surface area contributed by atoms with E-state index < -0.39 is 0 Å². The molecular formula is C5H7NaO2. The van der Waals surface area contributed by atoms with Crippen molar-refractivity contribution in [3.05, 3.63) is 11.8 Å². The number of hydrogen-bond donors (Lipinski definition) is 0. The summed E-state index contributed by atoms with van der Waals surface area (Å²) in [5.74, 6) is -0.164. The van der Waals surface area contributed by atoms with E-state index in [1.54, 1.807) is 0 Å². The van der Waals surface area contributed by atoms with E-state index in [1.807, 2.05) is 6.92 Å². The zero-order valence-corrected chi connectivity index (χ0v) is 4.10. The van der Waals surface area contributed by atoms with Gasteiger partial charge in [0.2, 0.25) is 0 Å². The van der Waals surface area contributed by atoms with Crippen molar-refractivity contribution < 1.29 is 9.53 Å². The number of esters is 1. The van der Waals surface area contributed by atoms with Gasteiger partial charge in [-0.05, 0) is 6.42 Å². The van der Waals surface area contributed by atoms with E-state index in [0.29, 0.717) is 0 Å². The molecule has 1 heterocycles. The molecule has 8 heavy (non-hydrogen) atoms. The van der Waals surface area contributed by atoms with Crippen LogP contribution in [0.15, 0.2) is 11.8 Å². The third-order valence-electron chi connectivity index (χ3n) is 0.951. The Kier molecular flexibility index (Phi) is 3.36. The van der Waals surface area contributed by atoms with E-state index in [4.69, 9.17) is 0 Å². The molecule has 0 aliphatic carbocycles. The van der Waals surface area contributed by atoms with Gasteiger partial charge in [-0.1, -0.05) is 6.92 Å². The summed E-state index contributed by atoms with van der Waals surface area (Å²) in [6, 6.07) is 0. The number of cyclic esters (lactones) is 1. The minimum absolute atomic E-state index is 0. The van der Waals surface area contributed by atoms with Gasteiger partial charge in [0.25, 0.3) is 0 Å². The predicted octanol–water partition coefficient (Wildman–Crippen LogP) is 0.189. The van der Waals surface area contributed by atoms with E-state index >= 15 is 0 Å². The zero-order chi connectivity index (χ0) is 5.28. The first-order valence-electron chi connectivity index (χ1n) is 2.24. The van der Waals surface area contributed by atoms with Gasteiger partial charge in [0, 0.05) is 0 Å². The van der Waals surface area contributed by atoms with Crippen molar-refractivity contribution in [1.82, 2.24) is 0 Å². The molecule has 0 aromatic heterocycles. The predicted molar refractivity (Wildman–Crippen MR) is 31.6 cm³/mol. The maximum atomic E-state index is 10.2. The van der Waals surface area contributed by atoms with Gasteiger partial charge in [0.1, 0.15) is 6.26 Å². The van der Waals surface area contributed by atoms with Crippen LogP contribution in [0.3, 0.4) is 0 Å². The molecule has 0 saturated heterocycles. The van der Waals surface area contributed by atoms with Crippen molar-refractivity contribution in [1.29, 1.82) is 0 Å². The number of hydrogen-bond acceptors (Lipinski definition) is 2. The van der Waals surface area contributed by atoms with E-state index in [-0.39, 0.29) is 35.5 Å². The fraction of sp³-hybridized carbons (Fsp3) is 0.400. The van der Waals surface area contributed by atoms with Crippen LogP contribution >= 0.6 is 0 Å². The van der Waals surface area contributed by atoms with Crippen LogP contribution in [0.4, 0.5) is 0 Å². The summed E-state index contributed by atoms with van der Waals surface area (Å²) in [6.07, 6.45) is 2.28. The van der Waals surface area contributed by atoms with E-state index in [0.717, 1.165) is 12.0 Å². The van der Waals surface area contributed by atoms with Crippen LogP contribution in [-0.4, -0.2) is 35.5 Å². The van der Waals surface area contributed by atoms with Gasteiger partial charge in [-0.3, -0.25) is 0 Å². The molecule has 0 spiro atoms. The van der Waals surface area contributed by atoms with Crippen LogP contribution in [0, 0.1) is 0 Å². The molecule has 40 valence electrons. The Balaban J connectivity index is 0.000000490. The minimum atomic E-state index is -0.164. The molecule has 2 nitrogen and oxygen atoms in total. The Hall–Kier alpha value is 0.210. The van der Waals surface area contributed by atoms with Gasteiger partial charge in [-0.15, -0.1) is 0 Å². The monoisotopic (exact) mass is 122 g/mol. The van der Waals surface area contributed by atoms with E-state index in [2.05, 4.69) is 4.74 Å². The fourth-order valence-electron chi connectivity index (χ4n) is 0.418. The molecule has 0 amide bonds. The summed E-state index contributed by atoms with van der Waals surface area (Å²) in [5.41, 5.74) is 0.792. The van der Waals surface area contributed by atoms with Crippen LogP contribution in [0.5, 0.6) is 0 Å². The average Bonchev–Trinajstić information content (AvgIpc) is 1.65. The van der Waals surface area contributed by atoms with Gasteiger partial charge in [0.05, 0.1) is 5.57 Å². The van der Waals surface area contributed by atoms with Crippen molar-refractivity contribution in [2.24, 2.45) is 0 Å². The summed E-state index contributed by atoms with van der Waals surface area (Å²) < 4.78 is 4.33. The molecule has 0 N–H and O–H groups in total. The first kappa shape index (κ1) is 8.21. The Bertz CT molecular complexity index is 128. The van der Waals surface area contributed by atoms with Crippen LogP contribution < -0.4 is 0 Å². The van der Waals surface area contributed by atoms with Gasteiger partial charge in [-0.25, -0.2) is 4.79 Å². The molecule has 0 atom stereocenters. The van der Waals surface area contributed by atoms with Crippen LogP contribution in [0.25, 0.3) is 0 Å². The summed E-state index contributed by atoms with van der Waals surface area (Å²) in [5, 5.41) is 0. The molecule has 1 aliphatic rings. The molecule has 0 bridgehead atoms. The maximum absolute atomic E-state index is 10.2. The Labute approximate surface area is 70.2 Å². The fourth-order valence-corrected chi connectivity index (χ4v) is 0.418. The van der Waals surface area contributed by atoms with Crippen LogP contribution in [-0.2, 0) is 9.53 Å². The average molecular weight is 122 g/mol. The SMILES string of the molecule is CCC1=COC1=O.[NaH]. The van der Waals surface area contributed by atoms with Gasteiger partial charge in [-0.2, -0.15) is 0 Å². The summed E-state index contributed by atoms with van der Waals surface area (Å²) in [6.45, 7) is 1.92. The second kappa shape index (κ2) is 3.28. The molecule has 1 rings (SSSR count). The second-order valence-electron chi connectivity index (χ2n) is 1.40. The van der Waals surface area contributed by atoms with Gasteiger partial charge >= 0.3 is 35.5 Å². The van der Waals surface area contributed by atoms with Crippen LogP contribution in [0.1, 0.15) is 13.3 Å². The zero-order valence-electron chi connectivity index (χ0n) is 4.10. The molecule has 0 unspecified atom stereocenters. The molecule has 1 aliphatic heterocycles. The third-order valence-corrected chi connectivity index (χ3v) is 0.951. The van der Waals surface area contributed by atoms with Crippen molar-refractivity contribution in [2.45, 2.75) is 13.3 Å². The van der Waals surface area contributed by atoms with Crippen molar-refractivity contribution >= 4 is 35.5 Å².